The number of hydrogen-bond acceptors (Lipinski definition) is 6. The number of aromatic nitrogens is 2. The standard InChI is InChI=1S/C24H23ClN4O3/c1-3-6-18-22-21(16(12-26)23(27)32-24(22)29-28-18)14-9-10-19(30-2)15(11-14)13-31-20-8-5-4-7-17(20)25/h4-5,7-11,16,21,27H,3,6,13H2,1-2H3,(H,28,29). The molecule has 1 aromatic heterocycles. The fourth-order valence-corrected chi connectivity index (χ4v) is 4.20. The number of hydrogen-bond donors (Lipinski definition) is 2. The predicted molar refractivity (Wildman–Crippen MR) is 121 cm³/mol. The number of nitriles is 1. The average molecular weight is 451 g/mol. The fourth-order valence-electron chi connectivity index (χ4n) is 4.01. The summed E-state index contributed by atoms with van der Waals surface area (Å²) in [5.74, 6) is 0.344. The fraction of sp³-hybridized carbons (Fsp3) is 0.292. The predicted octanol–water partition coefficient (Wildman–Crippen LogP) is 5.24. The summed E-state index contributed by atoms with van der Waals surface area (Å²) in [6, 6.07) is 15.2. The van der Waals surface area contributed by atoms with E-state index < -0.39 is 5.92 Å². The summed E-state index contributed by atoms with van der Waals surface area (Å²) in [4.78, 5) is 0. The number of rotatable bonds is 7. The maximum atomic E-state index is 9.86. The van der Waals surface area contributed by atoms with E-state index in [1.807, 2.05) is 30.3 Å². The molecule has 0 amide bonds. The number of methoxy groups -OCH3 is 1. The van der Waals surface area contributed by atoms with Crippen LogP contribution in [-0.4, -0.2) is 23.2 Å². The van der Waals surface area contributed by atoms with E-state index in [0.717, 1.165) is 35.2 Å². The molecule has 32 heavy (non-hydrogen) atoms. The molecule has 0 saturated carbocycles. The normalized spacial score (nSPS) is 17.2. The minimum atomic E-state index is -0.763. The van der Waals surface area contributed by atoms with E-state index in [1.54, 1.807) is 19.2 Å². The Labute approximate surface area is 191 Å². The summed E-state index contributed by atoms with van der Waals surface area (Å²) in [5.41, 5.74) is 3.42. The molecule has 2 atom stereocenters. The van der Waals surface area contributed by atoms with Crippen molar-refractivity contribution in [3.8, 4) is 23.4 Å². The largest absolute Gasteiger partial charge is 0.496 e. The topological polar surface area (TPSA) is 104 Å². The number of fused-ring (bicyclic) bond motifs is 1. The van der Waals surface area contributed by atoms with Gasteiger partial charge < -0.3 is 14.2 Å². The molecule has 1 aliphatic rings. The Kier molecular flexibility index (Phi) is 6.33. The summed E-state index contributed by atoms with van der Waals surface area (Å²) in [7, 11) is 1.60. The molecule has 0 fully saturated rings. The average Bonchev–Trinajstić information content (AvgIpc) is 3.19. The molecule has 0 aliphatic carbocycles. The highest BCUT2D eigenvalue weighted by Crippen LogP contribution is 2.44. The van der Waals surface area contributed by atoms with E-state index in [4.69, 9.17) is 31.2 Å². The van der Waals surface area contributed by atoms with Gasteiger partial charge in [0.05, 0.1) is 18.2 Å². The molecule has 3 aromatic rings. The first-order valence-corrected chi connectivity index (χ1v) is 10.7. The number of nitrogens with zero attached hydrogens (tertiary/aromatic N) is 2. The smallest absolute Gasteiger partial charge is 0.243 e. The van der Waals surface area contributed by atoms with Crippen LogP contribution in [0.4, 0.5) is 0 Å². The van der Waals surface area contributed by atoms with Crippen molar-refractivity contribution in [2.45, 2.75) is 32.3 Å². The molecule has 0 saturated heterocycles. The first-order chi connectivity index (χ1) is 15.6. The number of ether oxygens (including phenoxy) is 3. The van der Waals surface area contributed by atoms with Gasteiger partial charge in [0.25, 0.3) is 0 Å². The van der Waals surface area contributed by atoms with E-state index in [9.17, 15) is 5.26 Å². The second-order valence-electron chi connectivity index (χ2n) is 7.51. The number of aromatic amines is 1. The number of para-hydroxylation sites is 1. The summed E-state index contributed by atoms with van der Waals surface area (Å²) in [5, 5.41) is 25.9. The molecule has 0 bridgehead atoms. The minimum Gasteiger partial charge on any atom is -0.496 e. The van der Waals surface area contributed by atoms with Gasteiger partial charge in [0.1, 0.15) is 24.0 Å². The van der Waals surface area contributed by atoms with E-state index >= 15 is 0 Å². The van der Waals surface area contributed by atoms with E-state index in [-0.39, 0.29) is 18.4 Å². The maximum Gasteiger partial charge on any atom is 0.243 e. The van der Waals surface area contributed by atoms with Gasteiger partial charge in [-0.3, -0.25) is 10.5 Å². The Morgan fingerprint density at radius 3 is 2.78 bits per heavy atom. The molecule has 8 heteroatoms. The summed E-state index contributed by atoms with van der Waals surface area (Å²) in [6.45, 7) is 2.31. The Morgan fingerprint density at radius 1 is 1.25 bits per heavy atom. The Hall–Kier alpha value is -3.50. The van der Waals surface area contributed by atoms with Crippen LogP contribution in [-0.2, 0) is 13.0 Å². The second kappa shape index (κ2) is 9.33. The van der Waals surface area contributed by atoms with Crippen LogP contribution >= 0.6 is 11.6 Å². The third kappa shape index (κ3) is 4.02. The molecule has 1 aliphatic heterocycles. The van der Waals surface area contributed by atoms with Crippen molar-refractivity contribution in [1.82, 2.24) is 10.2 Å². The number of halogens is 1. The number of aryl methyl sites for hydroxylation is 1. The van der Waals surface area contributed by atoms with Crippen LogP contribution < -0.4 is 14.2 Å². The third-order valence-corrected chi connectivity index (χ3v) is 5.82. The maximum absolute atomic E-state index is 9.86. The lowest BCUT2D eigenvalue weighted by molar-refractivity contribution is 0.296. The lowest BCUT2D eigenvalue weighted by Crippen LogP contribution is -2.31. The van der Waals surface area contributed by atoms with Crippen molar-refractivity contribution in [2.24, 2.45) is 5.92 Å². The first-order valence-electron chi connectivity index (χ1n) is 10.3. The van der Waals surface area contributed by atoms with Crippen LogP contribution in [0.15, 0.2) is 42.5 Å². The Balaban J connectivity index is 1.75. The quantitative estimate of drug-likeness (QED) is 0.512. The first kappa shape index (κ1) is 21.7. The van der Waals surface area contributed by atoms with Crippen LogP contribution in [0, 0.1) is 22.7 Å². The lowest BCUT2D eigenvalue weighted by Gasteiger charge is -2.28. The van der Waals surface area contributed by atoms with Gasteiger partial charge in [-0.15, -0.1) is 5.10 Å². The van der Waals surface area contributed by atoms with Crippen molar-refractivity contribution in [3.63, 3.8) is 0 Å². The van der Waals surface area contributed by atoms with Gasteiger partial charge in [-0.1, -0.05) is 43.1 Å². The van der Waals surface area contributed by atoms with Crippen LogP contribution in [0.25, 0.3) is 0 Å². The molecule has 2 unspecified atom stereocenters. The highest BCUT2D eigenvalue weighted by molar-refractivity contribution is 6.32. The van der Waals surface area contributed by atoms with Crippen molar-refractivity contribution >= 4 is 17.5 Å². The van der Waals surface area contributed by atoms with E-state index in [0.29, 0.717) is 22.4 Å². The van der Waals surface area contributed by atoms with Crippen molar-refractivity contribution in [1.29, 1.82) is 10.7 Å². The van der Waals surface area contributed by atoms with Gasteiger partial charge in [-0.25, -0.2) is 0 Å². The van der Waals surface area contributed by atoms with Gasteiger partial charge in [0, 0.05) is 22.7 Å². The number of H-pyrrole nitrogens is 1. The third-order valence-electron chi connectivity index (χ3n) is 5.50. The molecule has 2 N–H and O–H groups in total. The Morgan fingerprint density at radius 2 is 2.06 bits per heavy atom. The molecule has 164 valence electrons. The van der Waals surface area contributed by atoms with E-state index in [2.05, 4.69) is 23.2 Å². The zero-order valence-electron chi connectivity index (χ0n) is 17.8. The van der Waals surface area contributed by atoms with Gasteiger partial charge in [-0.2, -0.15) is 5.26 Å². The zero-order valence-corrected chi connectivity index (χ0v) is 18.6. The van der Waals surface area contributed by atoms with Gasteiger partial charge >= 0.3 is 0 Å². The van der Waals surface area contributed by atoms with Gasteiger partial charge in [0.2, 0.25) is 11.8 Å². The number of nitrogens with one attached hydrogen (secondary N) is 2. The molecule has 2 aromatic carbocycles. The van der Waals surface area contributed by atoms with Crippen molar-refractivity contribution in [2.75, 3.05) is 7.11 Å². The molecule has 0 spiro atoms. The molecular weight excluding hydrogens is 428 g/mol. The second-order valence-corrected chi connectivity index (χ2v) is 7.92. The van der Waals surface area contributed by atoms with Crippen LogP contribution in [0.5, 0.6) is 17.4 Å². The molecule has 7 nitrogen and oxygen atoms in total. The summed E-state index contributed by atoms with van der Waals surface area (Å²) < 4.78 is 17.0. The SMILES string of the molecule is CCCc1[nH]nc2c1C(c1ccc(OC)c(COc3ccccc3Cl)c1)C(C#N)C(=N)O2. The minimum absolute atomic E-state index is 0.107. The number of benzene rings is 2. The van der Waals surface area contributed by atoms with E-state index in [1.165, 1.54) is 0 Å². The van der Waals surface area contributed by atoms with Gasteiger partial charge in [-0.05, 0) is 36.2 Å². The zero-order chi connectivity index (χ0) is 22.7. The molecule has 0 radical (unpaired) electrons. The Bertz CT molecular complexity index is 1180. The van der Waals surface area contributed by atoms with Crippen LogP contribution in [0.3, 0.4) is 0 Å². The summed E-state index contributed by atoms with van der Waals surface area (Å²) >= 11 is 6.22. The van der Waals surface area contributed by atoms with Crippen molar-refractivity contribution < 1.29 is 14.2 Å². The molecule has 4 rings (SSSR count). The van der Waals surface area contributed by atoms with Crippen LogP contribution in [0.2, 0.25) is 5.02 Å². The monoisotopic (exact) mass is 450 g/mol. The summed E-state index contributed by atoms with van der Waals surface area (Å²) in [6.07, 6.45) is 1.68. The van der Waals surface area contributed by atoms with Crippen LogP contribution in [0.1, 0.15) is 41.6 Å². The highest BCUT2D eigenvalue weighted by Gasteiger charge is 2.40. The highest BCUT2D eigenvalue weighted by atomic mass is 35.5. The van der Waals surface area contributed by atoms with Gasteiger partial charge in [0.15, 0.2) is 0 Å². The molecule has 2 heterocycles. The van der Waals surface area contributed by atoms with Crippen molar-refractivity contribution in [3.05, 3.63) is 69.9 Å². The lowest BCUT2D eigenvalue weighted by atomic mass is 9.78. The molecular formula is C24H23ClN4O3.